The third kappa shape index (κ3) is 3.63. The molecule has 2 heterocycles. The first-order valence-electron chi connectivity index (χ1n) is 8.35. The summed E-state index contributed by atoms with van der Waals surface area (Å²) in [5.41, 5.74) is 0.600. The van der Waals surface area contributed by atoms with Crippen molar-refractivity contribution in [3.05, 3.63) is 82.8 Å². The van der Waals surface area contributed by atoms with Crippen molar-refractivity contribution in [1.82, 2.24) is 15.0 Å². The second-order valence-electron chi connectivity index (χ2n) is 5.93. The van der Waals surface area contributed by atoms with E-state index in [2.05, 4.69) is 25.6 Å². The van der Waals surface area contributed by atoms with Crippen molar-refractivity contribution >= 4 is 39.6 Å². The fourth-order valence-corrected chi connectivity index (χ4v) is 2.79. The summed E-state index contributed by atoms with van der Waals surface area (Å²) in [5.74, 6) is -2.01. The lowest BCUT2D eigenvalue weighted by molar-refractivity contribution is -0.383. The van der Waals surface area contributed by atoms with Gasteiger partial charge in [0.05, 0.1) is 16.1 Å². The number of pyridine rings is 1. The van der Waals surface area contributed by atoms with Crippen LogP contribution >= 0.6 is 0 Å². The molecule has 0 bridgehead atoms. The lowest BCUT2D eigenvalue weighted by Crippen LogP contribution is -2.06. The lowest BCUT2D eigenvalue weighted by Gasteiger charge is -2.12. The molecular weight excluding hydrogens is 382 g/mol. The van der Waals surface area contributed by atoms with Gasteiger partial charge in [0.1, 0.15) is 18.0 Å². The van der Waals surface area contributed by atoms with Crippen LogP contribution in [0.25, 0.3) is 10.9 Å². The molecule has 144 valence electrons. The number of benzene rings is 2. The summed E-state index contributed by atoms with van der Waals surface area (Å²) < 4.78 is 27.1. The number of rotatable bonds is 5. The molecule has 4 aromatic rings. The van der Waals surface area contributed by atoms with Gasteiger partial charge in [-0.3, -0.25) is 15.1 Å². The molecule has 2 aromatic heterocycles. The first-order valence-corrected chi connectivity index (χ1v) is 8.35. The average molecular weight is 394 g/mol. The Hall–Kier alpha value is -4.21. The van der Waals surface area contributed by atoms with Crippen LogP contribution in [0.2, 0.25) is 0 Å². The van der Waals surface area contributed by atoms with E-state index in [9.17, 15) is 18.9 Å². The zero-order valence-electron chi connectivity index (χ0n) is 14.6. The Bertz CT molecular complexity index is 1230. The predicted octanol–water partition coefficient (Wildman–Crippen LogP) is 4.70. The molecule has 0 aliphatic carbocycles. The number of fused-ring (bicyclic) bond motifs is 1. The molecule has 10 heteroatoms. The number of anilines is 4. The molecule has 0 fully saturated rings. The summed E-state index contributed by atoms with van der Waals surface area (Å²) in [6.45, 7) is 0. The average Bonchev–Trinajstić information content (AvgIpc) is 2.70. The number of hydrogen-bond acceptors (Lipinski definition) is 7. The van der Waals surface area contributed by atoms with Crippen molar-refractivity contribution < 1.29 is 13.7 Å². The number of aromatic nitrogens is 3. The van der Waals surface area contributed by atoms with Gasteiger partial charge in [-0.15, -0.1) is 0 Å². The van der Waals surface area contributed by atoms with E-state index in [4.69, 9.17) is 0 Å². The van der Waals surface area contributed by atoms with Gasteiger partial charge in [-0.25, -0.2) is 18.7 Å². The highest BCUT2D eigenvalue weighted by molar-refractivity contribution is 5.93. The van der Waals surface area contributed by atoms with Crippen molar-refractivity contribution in [3.63, 3.8) is 0 Å². The van der Waals surface area contributed by atoms with Gasteiger partial charge in [-0.2, -0.15) is 0 Å². The van der Waals surface area contributed by atoms with Gasteiger partial charge >= 0.3 is 5.69 Å². The molecule has 4 rings (SSSR count). The van der Waals surface area contributed by atoms with Crippen LogP contribution in [0, 0.1) is 21.7 Å². The summed E-state index contributed by atoms with van der Waals surface area (Å²) in [4.78, 5) is 23.1. The van der Waals surface area contributed by atoms with E-state index in [1.807, 2.05) is 6.07 Å². The largest absolute Gasteiger partial charge is 0.353 e. The fraction of sp³-hybridized carbons (Fsp3) is 0. The number of halogens is 2. The van der Waals surface area contributed by atoms with Crippen LogP contribution in [0.1, 0.15) is 0 Å². The van der Waals surface area contributed by atoms with E-state index in [-0.39, 0.29) is 17.3 Å². The summed E-state index contributed by atoms with van der Waals surface area (Å²) in [5, 5.41) is 17.9. The summed E-state index contributed by atoms with van der Waals surface area (Å²) in [7, 11) is 0. The van der Waals surface area contributed by atoms with Gasteiger partial charge in [0.15, 0.2) is 0 Å². The predicted molar refractivity (Wildman–Crippen MR) is 103 cm³/mol. The topological polar surface area (TPSA) is 106 Å². The summed E-state index contributed by atoms with van der Waals surface area (Å²) in [6, 6.07) is 11.6. The Morgan fingerprint density at radius 3 is 2.38 bits per heavy atom. The minimum Gasteiger partial charge on any atom is -0.334 e. The SMILES string of the molecule is O=[N+]([O-])c1c(Nc2ccc(F)cc2F)ncnc1Nc1cccc2ncccc12. The van der Waals surface area contributed by atoms with Crippen LogP contribution in [-0.4, -0.2) is 19.9 Å². The van der Waals surface area contributed by atoms with Gasteiger partial charge in [0, 0.05) is 23.3 Å². The van der Waals surface area contributed by atoms with E-state index in [1.54, 1.807) is 30.5 Å². The van der Waals surface area contributed by atoms with Crippen molar-refractivity contribution in [2.24, 2.45) is 0 Å². The Morgan fingerprint density at radius 2 is 1.66 bits per heavy atom. The minimum atomic E-state index is -0.910. The monoisotopic (exact) mass is 394 g/mol. The van der Waals surface area contributed by atoms with Crippen molar-refractivity contribution in [2.75, 3.05) is 10.6 Å². The molecule has 0 aliphatic rings. The Labute approximate surface area is 162 Å². The van der Waals surface area contributed by atoms with Gasteiger partial charge in [-0.05, 0) is 36.4 Å². The number of nitrogens with one attached hydrogen (secondary N) is 2. The molecule has 8 nitrogen and oxygen atoms in total. The Balaban J connectivity index is 1.76. The molecule has 0 aliphatic heterocycles. The van der Waals surface area contributed by atoms with Crippen LogP contribution in [0.3, 0.4) is 0 Å². The second kappa shape index (κ2) is 7.43. The Morgan fingerprint density at radius 1 is 0.897 bits per heavy atom. The normalized spacial score (nSPS) is 10.7. The Kier molecular flexibility index (Phi) is 4.65. The maximum Gasteiger partial charge on any atom is 0.353 e. The number of nitro groups is 1. The standard InChI is InChI=1S/C19H12F2N6O2/c20-11-6-7-16(13(21)9-11)26-19-17(27(28)29)18(23-10-24-19)25-15-5-1-4-14-12(15)3-2-8-22-14/h1-10H,(H2,23,24,25,26). The molecule has 2 aromatic carbocycles. The van der Waals surface area contributed by atoms with Crippen molar-refractivity contribution in [3.8, 4) is 0 Å². The molecule has 0 spiro atoms. The number of nitrogens with zero attached hydrogens (tertiary/aromatic N) is 4. The van der Waals surface area contributed by atoms with E-state index >= 15 is 0 Å². The second-order valence-corrected chi connectivity index (χ2v) is 5.93. The molecule has 29 heavy (non-hydrogen) atoms. The molecule has 0 saturated carbocycles. The van der Waals surface area contributed by atoms with Gasteiger partial charge < -0.3 is 10.6 Å². The smallest absolute Gasteiger partial charge is 0.334 e. The van der Waals surface area contributed by atoms with Crippen LogP contribution in [0.15, 0.2) is 61.1 Å². The first-order chi connectivity index (χ1) is 14.0. The zero-order chi connectivity index (χ0) is 20.4. The van der Waals surface area contributed by atoms with Crippen LogP contribution in [0.4, 0.5) is 37.5 Å². The molecule has 0 saturated heterocycles. The fourth-order valence-electron chi connectivity index (χ4n) is 2.79. The zero-order valence-corrected chi connectivity index (χ0v) is 14.6. The first kappa shape index (κ1) is 18.2. The maximum atomic E-state index is 14.0. The van der Waals surface area contributed by atoms with Crippen LogP contribution < -0.4 is 10.6 Å². The maximum absolute atomic E-state index is 14.0. The highest BCUT2D eigenvalue weighted by atomic mass is 19.1. The molecule has 2 N–H and O–H groups in total. The minimum absolute atomic E-state index is 0.0913. The molecule has 0 radical (unpaired) electrons. The van der Waals surface area contributed by atoms with Gasteiger partial charge in [0.2, 0.25) is 11.6 Å². The quantitative estimate of drug-likeness (QED) is 0.373. The van der Waals surface area contributed by atoms with Crippen molar-refractivity contribution in [2.45, 2.75) is 0 Å². The molecule has 0 atom stereocenters. The highest BCUT2D eigenvalue weighted by Gasteiger charge is 2.24. The molecule has 0 amide bonds. The summed E-state index contributed by atoms with van der Waals surface area (Å²) in [6.07, 6.45) is 2.74. The highest BCUT2D eigenvalue weighted by Crippen LogP contribution is 2.35. The van der Waals surface area contributed by atoms with Crippen LogP contribution in [0.5, 0.6) is 0 Å². The van der Waals surface area contributed by atoms with Crippen LogP contribution in [-0.2, 0) is 0 Å². The van der Waals surface area contributed by atoms with E-state index in [0.29, 0.717) is 17.3 Å². The third-order valence-corrected chi connectivity index (χ3v) is 4.09. The van der Waals surface area contributed by atoms with E-state index in [1.165, 1.54) is 0 Å². The molecular formula is C19H12F2N6O2. The third-order valence-electron chi connectivity index (χ3n) is 4.09. The number of hydrogen-bond donors (Lipinski definition) is 2. The van der Waals surface area contributed by atoms with Gasteiger partial charge in [-0.1, -0.05) is 6.07 Å². The lowest BCUT2D eigenvalue weighted by atomic mass is 10.2. The molecule has 0 unspecified atom stereocenters. The van der Waals surface area contributed by atoms with E-state index < -0.39 is 22.2 Å². The van der Waals surface area contributed by atoms with E-state index in [0.717, 1.165) is 23.8 Å². The summed E-state index contributed by atoms with van der Waals surface area (Å²) >= 11 is 0. The van der Waals surface area contributed by atoms with Gasteiger partial charge in [0.25, 0.3) is 0 Å². The van der Waals surface area contributed by atoms with Crippen molar-refractivity contribution in [1.29, 1.82) is 0 Å².